The van der Waals surface area contributed by atoms with Crippen molar-refractivity contribution in [2.75, 3.05) is 7.05 Å². The molecule has 19 heavy (non-hydrogen) atoms. The molecule has 1 aromatic carbocycles. The lowest BCUT2D eigenvalue weighted by Gasteiger charge is -2.23. The zero-order chi connectivity index (χ0) is 14.5. The Kier molecular flexibility index (Phi) is 5.34. The second-order valence-electron chi connectivity index (χ2n) is 5.88. The lowest BCUT2D eigenvalue weighted by atomic mass is 9.82. The van der Waals surface area contributed by atoms with E-state index in [9.17, 15) is 4.39 Å². The van der Waals surface area contributed by atoms with E-state index in [2.05, 4.69) is 45.2 Å². The maximum Gasteiger partial charge on any atom is 0.123 e. The second kappa shape index (κ2) is 6.55. The Morgan fingerprint density at radius 2 is 1.79 bits per heavy atom. The molecule has 1 N–H and O–H groups in total. The van der Waals surface area contributed by atoms with Crippen molar-refractivity contribution in [2.24, 2.45) is 11.3 Å². The quantitative estimate of drug-likeness (QED) is 0.779. The summed E-state index contributed by atoms with van der Waals surface area (Å²) in [6.45, 7) is 8.89. The molecule has 0 saturated heterocycles. The Balaban J connectivity index is 2.83. The molecule has 104 valence electrons. The van der Waals surface area contributed by atoms with Gasteiger partial charge in [-0.2, -0.15) is 0 Å². The Morgan fingerprint density at radius 3 is 2.26 bits per heavy atom. The van der Waals surface area contributed by atoms with Crippen molar-refractivity contribution in [1.29, 1.82) is 0 Å². The largest absolute Gasteiger partial charge is 0.388 e. The summed E-state index contributed by atoms with van der Waals surface area (Å²) >= 11 is 0. The minimum atomic E-state index is -0.212. The molecule has 1 unspecified atom stereocenters. The highest BCUT2D eigenvalue weighted by atomic mass is 19.1. The molecule has 0 aliphatic rings. The van der Waals surface area contributed by atoms with Crippen molar-refractivity contribution >= 4 is 5.70 Å². The number of allylic oxidation sites excluding steroid dienone is 3. The van der Waals surface area contributed by atoms with Gasteiger partial charge < -0.3 is 5.32 Å². The normalized spacial score (nSPS) is 14.7. The number of hydrogen-bond acceptors (Lipinski definition) is 1. The molecule has 0 fully saturated rings. The SMILES string of the molecule is CN/C(=C\C=C/C(C)C(C)(C)C)c1ccc(F)cc1. The summed E-state index contributed by atoms with van der Waals surface area (Å²) < 4.78 is 12.9. The minimum Gasteiger partial charge on any atom is -0.388 e. The fraction of sp³-hybridized carbons (Fsp3) is 0.412. The van der Waals surface area contributed by atoms with Crippen LogP contribution in [0.5, 0.6) is 0 Å². The fourth-order valence-electron chi connectivity index (χ4n) is 1.56. The van der Waals surface area contributed by atoms with Crippen molar-refractivity contribution in [3.05, 3.63) is 53.9 Å². The monoisotopic (exact) mass is 261 g/mol. The van der Waals surface area contributed by atoms with Gasteiger partial charge >= 0.3 is 0 Å². The van der Waals surface area contributed by atoms with Gasteiger partial charge in [-0.05, 0) is 35.1 Å². The predicted molar refractivity (Wildman–Crippen MR) is 81.2 cm³/mol. The summed E-state index contributed by atoms with van der Waals surface area (Å²) in [7, 11) is 1.87. The first-order valence-corrected chi connectivity index (χ1v) is 6.67. The third-order valence-corrected chi connectivity index (χ3v) is 3.45. The lowest BCUT2D eigenvalue weighted by Crippen LogP contribution is -2.14. The summed E-state index contributed by atoms with van der Waals surface area (Å²) in [4.78, 5) is 0. The smallest absolute Gasteiger partial charge is 0.123 e. The van der Waals surface area contributed by atoms with Crippen LogP contribution in [-0.2, 0) is 0 Å². The first-order valence-electron chi connectivity index (χ1n) is 6.67. The predicted octanol–water partition coefficient (Wildman–Crippen LogP) is 4.62. The van der Waals surface area contributed by atoms with Gasteiger partial charge in [0.15, 0.2) is 0 Å². The summed E-state index contributed by atoms with van der Waals surface area (Å²) in [6, 6.07) is 6.50. The van der Waals surface area contributed by atoms with Crippen LogP contribution in [0.1, 0.15) is 33.3 Å². The standard InChI is InChI=1S/C17H24FN/c1-13(17(2,3)4)7-6-8-16(19-5)14-9-11-15(18)12-10-14/h6-13,19H,1-5H3/b7-6-,16-8-. The summed E-state index contributed by atoms with van der Waals surface area (Å²) in [5.74, 6) is 0.283. The van der Waals surface area contributed by atoms with Gasteiger partial charge in [0, 0.05) is 12.7 Å². The van der Waals surface area contributed by atoms with E-state index < -0.39 is 0 Å². The molecule has 2 heteroatoms. The van der Waals surface area contributed by atoms with E-state index in [1.165, 1.54) is 12.1 Å². The molecule has 0 amide bonds. The first kappa shape index (κ1) is 15.5. The molecule has 1 rings (SSSR count). The highest BCUT2D eigenvalue weighted by Crippen LogP contribution is 2.26. The molecule has 0 spiro atoms. The maximum atomic E-state index is 12.9. The third-order valence-electron chi connectivity index (χ3n) is 3.45. The Morgan fingerprint density at radius 1 is 1.21 bits per heavy atom. The summed E-state index contributed by atoms with van der Waals surface area (Å²) in [6.07, 6.45) is 6.28. The molecule has 1 atom stereocenters. The van der Waals surface area contributed by atoms with E-state index in [0.29, 0.717) is 5.92 Å². The highest BCUT2D eigenvalue weighted by molar-refractivity contribution is 5.65. The summed E-state index contributed by atoms with van der Waals surface area (Å²) in [5, 5.41) is 3.14. The van der Waals surface area contributed by atoms with Crippen LogP contribution in [0.3, 0.4) is 0 Å². The van der Waals surface area contributed by atoms with Crippen LogP contribution in [0.15, 0.2) is 42.5 Å². The van der Waals surface area contributed by atoms with Crippen LogP contribution in [0.25, 0.3) is 5.70 Å². The Bertz CT molecular complexity index is 449. The Hall–Kier alpha value is -1.57. The average Bonchev–Trinajstić information content (AvgIpc) is 2.34. The van der Waals surface area contributed by atoms with Gasteiger partial charge in [0.25, 0.3) is 0 Å². The molecular formula is C17H24FN. The van der Waals surface area contributed by atoms with Crippen LogP contribution >= 0.6 is 0 Å². The number of hydrogen-bond donors (Lipinski definition) is 1. The van der Waals surface area contributed by atoms with Crippen molar-refractivity contribution in [3.8, 4) is 0 Å². The average molecular weight is 261 g/mol. The molecule has 0 aromatic heterocycles. The number of benzene rings is 1. The second-order valence-corrected chi connectivity index (χ2v) is 5.88. The third kappa shape index (κ3) is 4.90. The van der Waals surface area contributed by atoms with Crippen molar-refractivity contribution in [3.63, 3.8) is 0 Å². The van der Waals surface area contributed by atoms with Crippen LogP contribution in [0.4, 0.5) is 4.39 Å². The molecule has 0 aliphatic heterocycles. The van der Waals surface area contributed by atoms with Crippen molar-refractivity contribution in [2.45, 2.75) is 27.7 Å². The van der Waals surface area contributed by atoms with Gasteiger partial charge in [-0.1, -0.05) is 52.0 Å². The molecule has 1 nitrogen and oxygen atoms in total. The molecule has 1 aromatic rings. The fourth-order valence-corrected chi connectivity index (χ4v) is 1.56. The lowest BCUT2D eigenvalue weighted by molar-refractivity contribution is 0.314. The summed E-state index contributed by atoms with van der Waals surface area (Å²) in [5.41, 5.74) is 2.23. The maximum absolute atomic E-state index is 12.9. The van der Waals surface area contributed by atoms with Gasteiger partial charge in [0.2, 0.25) is 0 Å². The van der Waals surface area contributed by atoms with Gasteiger partial charge in [0.05, 0.1) is 0 Å². The zero-order valence-corrected chi connectivity index (χ0v) is 12.5. The number of nitrogens with one attached hydrogen (secondary N) is 1. The van der Waals surface area contributed by atoms with Crippen molar-refractivity contribution < 1.29 is 4.39 Å². The van der Waals surface area contributed by atoms with Crippen LogP contribution in [0, 0.1) is 17.2 Å². The van der Waals surface area contributed by atoms with E-state index >= 15 is 0 Å². The Labute approximate surface area is 116 Å². The molecule has 0 radical (unpaired) electrons. The zero-order valence-electron chi connectivity index (χ0n) is 12.5. The van der Waals surface area contributed by atoms with Crippen LogP contribution in [-0.4, -0.2) is 7.05 Å². The molecular weight excluding hydrogens is 237 g/mol. The van der Waals surface area contributed by atoms with E-state index in [-0.39, 0.29) is 11.2 Å². The minimum absolute atomic E-state index is 0.212. The first-order chi connectivity index (χ1) is 8.84. The number of rotatable bonds is 4. The van der Waals surface area contributed by atoms with E-state index in [0.717, 1.165) is 11.3 Å². The molecule has 0 bridgehead atoms. The van der Waals surface area contributed by atoms with E-state index in [1.54, 1.807) is 12.1 Å². The number of halogens is 1. The van der Waals surface area contributed by atoms with E-state index in [1.807, 2.05) is 13.1 Å². The van der Waals surface area contributed by atoms with Gasteiger partial charge in [0.1, 0.15) is 5.82 Å². The molecule has 0 saturated carbocycles. The van der Waals surface area contributed by atoms with Crippen LogP contribution < -0.4 is 5.32 Å². The van der Waals surface area contributed by atoms with Crippen LogP contribution in [0.2, 0.25) is 0 Å². The molecule has 0 aliphatic carbocycles. The molecule has 0 heterocycles. The topological polar surface area (TPSA) is 12.0 Å². The van der Waals surface area contributed by atoms with Crippen molar-refractivity contribution in [1.82, 2.24) is 5.32 Å². The van der Waals surface area contributed by atoms with E-state index in [4.69, 9.17) is 0 Å². The highest BCUT2D eigenvalue weighted by Gasteiger charge is 2.16. The van der Waals surface area contributed by atoms with Gasteiger partial charge in [-0.25, -0.2) is 4.39 Å². The van der Waals surface area contributed by atoms with Gasteiger partial charge in [-0.3, -0.25) is 0 Å². The van der Waals surface area contributed by atoms with Gasteiger partial charge in [-0.15, -0.1) is 0 Å².